The Balaban J connectivity index is 0.000000336. The molecule has 0 amide bonds. The first kappa shape index (κ1) is 14.7. The van der Waals surface area contributed by atoms with Crippen LogP contribution in [0.5, 0.6) is 0 Å². The Morgan fingerprint density at radius 3 is 1.53 bits per heavy atom. The number of rotatable bonds is 2. The monoisotopic (exact) mass is 202 g/mol. The molecular weight excluding hydrogens is 177 g/mol. The van der Waals surface area contributed by atoms with Crippen molar-refractivity contribution in [1.82, 2.24) is 0 Å². The summed E-state index contributed by atoms with van der Waals surface area (Å²) in [6.07, 6.45) is 1.34. The van der Waals surface area contributed by atoms with E-state index >= 15 is 0 Å². The topological polar surface area (TPSA) is 0 Å². The van der Waals surface area contributed by atoms with Gasteiger partial charge in [0.05, 0.1) is 22.0 Å². The Labute approximate surface area is 98.5 Å². The maximum absolute atomic E-state index is 2.28. The molecule has 1 rings (SSSR count). The zero-order valence-corrected chi connectivity index (χ0v) is 11.7. The molecule has 0 N–H and O–H groups in total. The van der Waals surface area contributed by atoms with E-state index in [9.17, 15) is 0 Å². The molecule has 0 radical (unpaired) electrons. The van der Waals surface area contributed by atoms with Crippen molar-refractivity contribution in [2.75, 3.05) is 0 Å². The molecule has 1 aliphatic rings. The normalized spacial score (nSPS) is 16.4. The molecule has 0 aromatic rings. The minimum absolute atomic E-state index is 0.694. The quantitative estimate of drug-likeness (QED) is 0.601. The Bertz CT molecular complexity index is 238. The third-order valence-electron chi connectivity index (χ3n) is 3.75. The van der Waals surface area contributed by atoms with Crippen LogP contribution in [0.3, 0.4) is 0 Å². The highest BCUT2D eigenvalue weighted by molar-refractivity contribution is 7.23. The summed E-state index contributed by atoms with van der Waals surface area (Å²) in [5.41, 5.74) is 6.11. The van der Waals surface area contributed by atoms with Crippen LogP contribution < -0.4 is 0 Å². The third kappa shape index (κ3) is 3.97. The summed E-state index contributed by atoms with van der Waals surface area (Å²) in [5.74, 6) is 0.694. The molecule has 0 spiro atoms. The number of hydrogen-bond donors (Lipinski definition) is 0. The lowest BCUT2D eigenvalue weighted by Gasteiger charge is -2.05. The molecule has 0 fully saturated rings. The van der Waals surface area contributed by atoms with Gasteiger partial charge in [-0.15, -0.1) is 0 Å². The molecule has 0 aromatic heterocycles. The van der Waals surface area contributed by atoms with E-state index < -0.39 is 0 Å². The first-order chi connectivity index (χ1) is 6.97. The van der Waals surface area contributed by atoms with Gasteiger partial charge < -0.3 is 0 Å². The van der Waals surface area contributed by atoms with E-state index in [4.69, 9.17) is 0 Å². The second-order valence-corrected chi connectivity index (χ2v) is 4.69. The van der Waals surface area contributed by atoms with E-state index in [0.29, 0.717) is 5.92 Å². The van der Waals surface area contributed by atoms with E-state index in [-0.39, 0.29) is 0 Å². The highest BCUT2D eigenvalue weighted by atomic mass is 14.2. The van der Waals surface area contributed by atoms with Gasteiger partial charge in [-0.1, -0.05) is 31.3 Å². The molecule has 0 saturated heterocycles. The van der Waals surface area contributed by atoms with Crippen molar-refractivity contribution in [3.63, 3.8) is 0 Å². The van der Waals surface area contributed by atoms with Crippen LogP contribution in [-0.2, 0) is 0 Å². The Morgan fingerprint density at radius 2 is 1.47 bits per heavy atom. The van der Waals surface area contributed by atoms with Gasteiger partial charge in [-0.05, 0) is 44.8 Å². The lowest BCUT2D eigenvalue weighted by molar-refractivity contribution is 0.815. The van der Waals surface area contributed by atoms with Crippen LogP contribution in [0.25, 0.3) is 0 Å². The van der Waals surface area contributed by atoms with E-state index in [2.05, 4.69) is 49.3 Å². The second kappa shape index (κ2) is 7.03. The zero-order chi connectivity index (χ0) is 12.0. The van der Waals surface area contributed by atoms with Crippen molar-refractivity contribution >= 4 is 22.0 Å². The maximum atomic E-state index is 2.28. The molecule has 0 bridgehead atoms. The smallest absolute Gasteiger partial charge is 0.0776 e. The Morgan fingerprint density at radius 1 is 1.07 bits per heavy atom. The highest BCUT2D eigenvalue weighted by Crippen LogP contribution is 2.35. The van der Waals surface area contributed by atoms with E-state index in [1.54, 1.807) is 11.1 Å². The van der Waals surface area contributed by atoms with E-state index in [0.717, 1.165) is 0 Å². The molecule has 0 heterocycles. The number of hydrogen-bond acceptors (Lipinski definition) is 0. The maximum Gasteiger partial charge on any atom is 0.0776 e. The van der Waals surface area contributed by atoms with Crippen LogP contribution in [0.15, 0.2) is 22.3 Å². The van der Waals surface area contributed by atoms with Crippen LogP contribution in [0.4, 0.5) is 0 Å². The van der Waals surface area contributed by atoms with Gasteiger partial charge in [-0.3, -0.25) is 0 Å². The van der Waals surface area contributed by atoms with Crippen LogP contribution in [0.1, 0.15) is 41.5 Å². The van der Waals surface area contributed by atoms with Crippen molar-refractivity contribution in [1.29, 1.82) is 0 Å². The van der Waals surface area contributed by atoms with Gasteiger partial charge >= 0.3 is 0 Å². The highest BCUT2D eigenvalue weighted by Gasteiger charge is 2.19. The van der Waals surface area contributed by atoms with E-state index in [1.165, 1.54) is 31.7 Å². The molecule has 82 valence electrons. The van der Waals surface area contributed by atoms with Crippen molar-refractivity contribution in [3.05, 3.63) is 22.3 Å². The van der Waals surface area contributed by atoms with Crippen molar-refractivity contribution in [3.8, 4) is 0 Å². The van der Waals surface area contributed by atoms with Gasteiger partial charge in [0.2, 0.25) is 0 Å². The minimum Gasteiger partial charge on any atom is -0.0881 e. The van der Waals surface area contributed by atoms with Gasteiger partial charge in [-0.2, -0.15) is 0 Å². The summed E-state index contributed by atoms with van der Waals surface area (Å²) in [6.45, 7) is 13.4. The average Bonchev–Trinajstić information content (AvgIpc) is 2.39. The minimum atomic E-state index is 0.694. The Kier molecular flexibility index (Phi) is 6.88. The molecule has 15 heavy (non-hydrogen) atoms. The van der Waals surface area contributed by atoms with Crippen LogP contribution >= 0.6 is 0 Å². The second-order valence-electron chi connectivity index (χ2n) is 4.69. The first-order valence-corrected chi connectivity index (χ1v) is 6.32. The lowest BCUT2D eigenvalue weighted by Crippen LogP contribution is -1.98. The summed E-state index contributed by atoms with van der Waals surface area (Å²) >= 11 is 0. The summed E-state index contributed by atoms with van der Waals surface area (Å²) in [6, 6.07) is 0. The number of allylic oxidation sites excluding steroid dienone is 4. The zero-order valence-electron chi connectivity index (χ0n) is 11.7. The van der Waals surface area contributed by atoms with Crippen LogP contribution in [0, 0.1) is 5.92 Å². The molecule has 0 aliphatic heterocycles. The molecule has 3 heteroatoms. The summed E-state index contributed by atoms with van der Waals surface area (Å²) in [5, 5.41) is 0. The van der Waals surface area contributed by atoms with Crippen molar-refractivity contribution in [2.24, 2.45) is 5.92 Å². The van der Waals surface area contributed by atoms with Crippen molar-refractivity contribution in [2.45, 2.75) is 47.9 Å². The first-order valence-electron chi connectivity index (χ1n) is 6.32. The van der Waals surface area contributed by atoms with Gasteiger partial charge in [0.25, 0.3) is 0 Å². The fourth-order valence-electron chi connectivity index (χ4n) is 1.92. The van der Waals surface area contributed by atoms with Gasteiger partial charge in [-0.25, -0.2) is 0 Å². The third-order valence-corrected chi connectivity index (χ3v) is 3.75. The van der Waals surface area contributed by atoms with Crippen LogP contribution in [-0.4, -0.2) is 22.0 Å². The summed E-state index contributed by atoms with van der Waals surface area (Å²) < 4.78 is 0. The molecular formula is C12H25B3. The Hall–Kier alpha value is -0.325. The molecule has 0 saturated carbocycles. The molecule has 0 unspecified atom stereocenters. The van der Waals surface area contributed by atoms with Crippen molar-refractivity contribution < 1.29 is 0 Å². The predicted octanol–water partition coefficient (Wildman–Crippen LogP) is 2.07. The largest absolute Gasteiger partial charge is 0.0881 e. The molecule has 1 aliphatic carbocycles. The molecule has 0 atom stereocenters. The standard InChI is InChI=1S/C10H16.C2H9B3/c1-6-7(2)9(4)10(5)8(6)3;1-2-4-5-3/h6H,1-5H3;4-5H,2-3H2,1H3. The predicted molar refractivity (Wildman–Crippen MR) is 79.2 cm³/mol. The summed E-state index contributed by atoms with van der Waals surface area (Å²) in [4.78, 5) is 0. The van der Waals surface area contributed by atoms with Gasteiger partial charge in [0.1, 0.15) is 0 Å². The average molecular weight is 202 g/mol. The lowest BCUT2D eigenvalue weighted by atomic mass is 9.27. The van der Waals surface area contributed by atoms with E-state index in [1.807, 2.05) is 0 Å². The SMILES string of the molecule is BBBCC.CC1=C(C)C(C)C(C)=C1C. The molecule has 0 nitrogen and oxygen atoms in total. The van der Waals surface area contributed by atoms with Gasteiger partial charge in [0.15, 0.2) is 0 Å². The fraction of sp³-hybridized carbons (Fsp3) is 0.667. The van der Waals surface area contributed by atoms with Crippen LogP contribution in [0.2, 0.25) is 6.32 Å². The molecule has 0 aromatic carbocycles. The van der Waals surface area contributed by atoms with Gasteiger partial charge in [0, 0.05) is 0 Å². The summed E-state index contributed by atoms with van der Waals surface area (Å²) in [7, 11) is 4.94. The fourth-order valence-corrected chi connectivity index (χ4v) is 1.92.